The van der Waals surface area contributed by atoms with Gasteiger partial charge in [0.1, 0.15) is 12.1 Å². The molecule has 0 saturated carbocycles. The Morgan fingerprint density at radius 3 is 3.00 bits per heavy atom. The molecular formula is C14H13N5O. The number of nitriles is 1. The van der Waals surface area contributed by atoms with E-state index in [1.807, 2.05) is 6.07 Å². The molecule has 0 aliphatic heterocycles. The Bertz CT molecular complexity index is 636. The summed E-state index contributed by atoms with van der Waals surface area (Å²) in [6, 6.07) is 10.6. The van der Waals surface area contributed by atoms with Crippen molar-refractivity contribution in [1.29, 1.82) is 5.26 Å². The molecular weight excluding hydrogens is 254 g/mol. The van der Waals surface area contributed by atoms with Crippen LogP contribution in [0.1, 0.15) is 11.1 Å². The van der Waals surface area contributed by atoms with E-state index in [1.54, 1.807) is 37.5 Å². The third kappa shape index (κ3) is 3.53. The minimum atomic E-state index is -0.272. The second-order valence-corrected chi connectivity index (χ2v) is 4.19. The summed E-state index contributed by atoms with van der Waals surface area (Å²) < 4.78 is 0. The van der Waals surface area contributed by atoms with Crippen LogP contribution in [0, 0.1) is 11.3 Å². The minimum Gasteiger partial charge on any atom is -0.323 e. The molecule has 20 heavy (non-hydrogen) atoms. The first kappa shape index (κ1) is 13.5. The van der Waals surface area contributed by atoms with Crippen LogP contribution >= 0.6 is 0 Å². The first-order chi connectivity index (χ1) is 9.69. The molecule has 0 aliphatic rings. The molecule has 2 rings (SSSR count). The maximum absolute atomic E-state index is 12.0. The molecule has 0 aliphatic carbocycles. The summed E-state index contributed by atoms with van der Waals surface area (Å²) in [5.41, 5.74) is 1.47. The van der Waals surface area contributed by atoms with Gasteiger partial charge in [-0.05, 0) is 23.8 Å². The van der Waals surface area contributed by atoms with Crippen molar-refractivity contribution in [2.45, 2.75) is 6.54 Å². The van der Waals surface area contributed by atoms with Crippen molar-refractivity contribution in [1.82, 2.24) is 14.9 Å². The summed E-state index contributed by atoms with van der Waals surface area (Å²) >= 11 is 0. The number of carbonyl (C=O) groups is 1. The lowest BCUT2D eigenvalue weighted by Gasteiger charge is -2.17. The third-order valence-corrected chi connectivity index (χ3v) is 2.64. The fraction of sp³-hybridized carbons (Fsp3) is 0.143. The van der Waals surface area contributed by atoms with Gasteiger partial charge in [-0.25, -0.2) is 14.8 Å². The summed E-state index contributed by atoms with van der Waals surface area (Å²) in [5, 5.41) is 11.5. The largest absolute Gasteiger partial charge is 0.323 e. The second-order valence-electron chi connectivity index (χ2n) is 4.19. The standard InChI is InChI=1S/C14H13N5O/c1-19(9-12-4-2-3-11(7-12)8-15)14(20)18-13-5-6-16-10-17-13/h2-7,10H,9H2,1H3,(H,16,17,18,20). The van der Waals surface area contributed by atoms with E-state index >= 15 is 0 Å². The smallest absolute Gasteiger partial charge is 0.323 e. The van der Waals surface area contributed by atoms with Gasteiger partial charge < -0.3 is 4.90 Å². The highest BCUT2D eigenvalue weighted by Crippen LogP contribution is 2.08. The van der Waals surface area contributed by atoms with Crippen LogP contribution in [-0.4, -0.2) is 27.9 Å². The van der Waals surface area contributed by atoms with E-state index in [4.69, 9.17) is 5.26 Å². The molecule has 100 valence electrons. The van der Waals surface area contributed by atoms with E-state index in [9.17, 15) is 4.79 Å². The van der Waals surface area contributed by atoms with Gasteiger partial charge in [-0.3, -0.25) is 5.32 Å². The molecule has 6 nitrogen and oxygen atoms in total. The van der Waals surface area contributed by atoms with Crippen LogP contribution < -0.4 is 5.32 Å². The topological polar surface area (TPSA) is 81.9 Å². The number of aromatic nitrogens is 2. The van der Waals surface area contributed by atoms with Crippen molar-refractivity contribution in [3.05, 3.63) is 54.0 Å². The Hall–Kier alpha value is -2.94. The average molecular weight is 267 g/mol. The molecule has 0 spiro atoms. The Kier molecular flexibility index (Phi) is 4.24. The number of urea groups is 1. The van der Waals surface area contributed by atoms with Gasteiger partial charge in [0.25, 0.3) is 0 Å². The number of amides is 2. The zero-order valence-electron chi connectivity index (χ0n) is 10.9. The Morgan fingerprint density at radius 2 is 2.30 bits per heavy atom. The molecule has 2 amide bonds. The normalized spacial score (nSPS) is 9.60. The van der Waals surface area contributed by atoms with Crippen molar-refractivity contribution >= 4 is 11.8 Å². The van der Waals surface area contributed by atoms with E-state index in [0.29, 0.717) is 17.9 Å². The monoisotopic (exact) mass is 267 g/mol. The number of nitrogens with one attached hydrogen (secondary N) is 1. The Morgan fingerprint density at radius 1 is 1.45 bits per heavy atom. The van der Waals surface area contributed by atoms with Crippen molar-refractivity contribution in [3.63, 3.8) is 0 Å². The predicted molar refractivity (Wildman–Crippen MR) is 73.7 cm³/mol. The van der Waals surface area contributed by atoms with Gasteiger partial charge in [0.05, 0.1) is 11.6 Å². The van der Waals surface area contributed by atoms with E-state index in [1.165, 1.54) is 11.2 Å². The van der Waals surface area contributed by atoms with Crippen LogP contribution in [0.2, 0.25) is 0 Å². The zero-order valence-corrected chi connectivity index (χ0v) is 10.9. The van der Waals surface area contributed by atoms with E-state index < -0.39 is 0 Å². The Balaban J connectivity index is 1.99. The first-order valence-electron chi connectivity index (χ1n) is 5.96. The van der Waals surface area contributed by atoms with E-state index in [-0.39, 0.29) is 6.03 Å². The summed E-state index contributed by atoms with van der Waals surface area (Å²) in [7, 11) is 1.68. The van der Waals surface area contributed by atoms with Crippen LogP contribution in [0.15, 0.2) is 42.9 Å². The van der Waals surface area contributed by atoms with E-state index in [2.05, 4.69) is 21.4 Å². The first-order valence-corrected chi connectivity index (χ1v) is 5.96. The predicted octanol–water partition coefficient (Wildman–Crippen LogP) is 2.01. The SMILES string of the molecule is CN(Cc1cccc(C#N)c1)C(=O)Nc1ccncn1. The highest BCUT2D eigenvalue weighted by atomic mass is 16.2. The Labute approximate surface area is 116 Å². The number of anilines is 1. The summed E-state index contributed by atoms with van der Waals surface area (Å²) in [4.78, 5) is 21.2. The van der Waals surface area contributed by atoms with Gasteiger partial charge in [0.2, 0.25) is 0 Å². The number of hydrogen-bond donors (Lipinski definition) is 1. The number of rotatable bonds is 3. The number of carbonyl (C=O) groups excluding carboxylic acids is 1. The lowest BCUT2D eigenvalue weighted by atomic mass is 10.1. The fourth-order valence-corrected chi connectivity index (χ4v) is 1.65. The molecule has 2 aromatic rings. The van der Waals surface area contributed by atoms with Crippen LogP contribution in [0.5, 0.6) is 0 Å². The molecule has 0 bridgehead atoms. The van der Waals surface area contributed by atoms with Gasteiger partial charge in [-0.15, -0.1) is 0 Å². The number of nitrogens with zero attached hydrogens (tertiary/aromatic N) is 4. The maximum Gasteiger partial charge on any atom is 0.323 e. The fourth-order valence-electron chi connectivity index (χ4n) is 1.65. The summed E-state index contributed by atoms with van der Waals surface area (Å²) in [6.45, 7) is 0.409. The minimum absolute atomic E-state index is 0.272. The molecule has 0 unspecified atom stereocenters. The highest BCUT2D eigenvalue weighted by Gasteiger charge is 2.10. The zero-order chi connectivity index (χ0) is 14.4. The van der Waals surface area contributed by atoms with Crippen molar-refractivity contribution in [2.75, 3.05) is 12.4 Å². The van der Waals surface area contributed by atoms with Gasteiger partial charge in [-0.1, -0.05) is 12.1 Å². The number of benzene rings is 1. The molecule has 1 heterocycles. The van der Waals surface area contributed by atoms with Crippen LogP contribution in [0.3, 0.4) is 0 Å². The molecule has 0 radical (unpaired) electrons. The average Bonchev–Trinajstić information content (AvgIpc) is 2.48. The van der Waals surface area contributed by atoms with E-state index in [0.717, 1.165) is 5.56 Å². The van der Waals surface area contributed by atoms with Gasteiger partial charge in [0, 0.05) is 19.8 Å². The third-order valence-electron chi connectivity index (χ3n) is 2.64. The van der Waals surface area contributed by atoms with Gasteiger partial charge in [0.15, 0.2) is 0 Å². The van der Waals surface area contributed by atoms with Crippen molar-refractivity contribution in [3.8, 4) is 6.07 Å². The van der Waals surface area contributed by atoms with Crippen LogP contribution in [0.4, 0.5) is 10.6 Å². The highest BCUT2D eigenvalue weighted by molar-refractivity contribution is 5.87. The van der Waals surface area contributed by atoms with Gasteiger partial charge >= 0.3 is 6.03 Å². The molecule has 1 aromatic heterocycles. The van der Waals surface area contributed by atoms with Crippen molar-refractivity contribution < 1.29 is 4.79 Å². The molecule has 6 heteroatoms. The van der Waals surface area contributed by atoms with Gasteiger partial charge in [-0.2, -0.15) is 5.26 Å². The molecule has 0 fully saturated rings. The van der Waals surface area contributed by atoms with Crippen molar-refractivity contribution in [2.24, 2.45) is 0 Å². The molecule has 0 atom stereocenters. The summed E-state index contributed by atoms with van der Waals surface area (Å²) in [5.74, 6) is 0.447. The second kappa shape index (κ2) is 6.29. The summed E-state index contributed by atoms with van der Waals surface area (Å²) in [6.07, 6.45) is 2.92. The molecule has 0 saturated heterocycles. The number of hydrogen-bond acceptors (Lipinski definition) is 4. The maximum atomic E-state index is 12.0. The lowest BCUT2D eigenvalue weighted by Crippen LogP contribution is -2.31. The molecule has 1 N–H and O–H groups in total. The van der Waals surface area contributed by atoms with Crippen LogP contribution in [-0.2, 0) is 6.54 Å². The quantitative estimate of drug-likeness (QED) is 0.922. The molecule has 1 aromatic carbocycles. The van der Waals surface area contributed by atoms with Crippen LogP contribution in [0.25, 0.3) is 0 Å². The lowest BCUT2D eigenvalue weighted by molar-refractivity contribution is 0.220.